The fourth-order valence-corrected chi connectivity index (χ4v) is 3.96. The summed E-state index contributed by atoms with van der Waals surface area (Å²) in [6.07, 6.45) is 1.45. The topological polar surface area (TPSA) is 62.7 Å². The van der Waals surface area contributed by atoms with Crippen LogP contribution in [0, 0.1) is 5.92 Å². The Balaban J connectivity index is 1.66. The number of para-hydroxylation sites is 1. The van der Waals surface area contributed by atoms with Gasteiger partial charge in [0.1, 0.15) is 5.60 Å². The van der Waals surface area contributed by atoms with E-state index in [0.717, 1.165) is 35.0 Å². The third kappa shape index (κ3) is 5.75. The van der Waals surface area contributed by atoms with E-state index in [9.17, 15) is 9.59 Å². The van der Waals surface area contributed by atoms with Crippen LogP contribution in [-0.4, -0.2) is 59.1 Å². The zero-order valence-electron chi connectivity index (χ0n) is 19.6. The average molecular weight is 426 g/mol. The molecule has 31 heavy (non-hydrogen) atoms. The number of nitrogens with zero attached hydrogens (tertiary/aromatic N) is 3. The Bertz CT molecular complexity index is 941. The zero-order chi connectivity index (χ0) is 22.8. The van der Waals surface area contributed by atoms with Crippen molar-refractivity contribution >= 4 is 22.9 Å². The largest absolute Gasteiger partial charge is 0.444 e. The molecular weight excluding hydrogens is 390 g/mol. The molecule has 1 aliphatic rings. The summed E-state index contributed by atoms with van der Waals surface area (Å²) >= 11 is 0. The van der Waals surface area contributed by atoms with Crippen molar-refractivity contribution in [1.29, 1.82) is 0 Å². The molecular formula is C25H35N3O3. The van der Waals surface area contributed by atoms with Gasteiger partial charge in [0.05, 0.1) is 11.1 Å². The lowest BCUT2D eigenvalue weighted by atomic mass is 9.95. The highest BCUT2D eigenvalue weighted by atomic mass is 16.6. The second kappa shape index (κ2) is 9.25. The van der Waals surface area contributed by atoms with Crippen molar-refractivity contribution in [3.8, 4) is 0 Å². The lowest BCUT2D eigenvalue weighted by Crippen LogP contribution is -2.43. The predicted octanol–water partition coefficient (Wildman–Crippen LogP) is 5.08. The van der Waals surface area contributed by atoms with E-state index in [4.69, 9.17) is 9.72 Å². The van der Waals surface area contributed by atoms with E-state index in [1.807, 2.05) is 56.0 Å². The second-order valence-electron chi connectivity index (χ2n) is 9.86. The van der Waals surface area contributed by atoms with Crippen molar-refractivity contribution in [2.45, 2.75) is 59.0 Å². The molecule has 0 radical (unpaired) electrons. The summed E-state index contributed by atoms with van der Waals surface area (Å²) in [5, 5.41) is 0.906. The van der Waals surface area contributed by atoms with Gasteiger partial charge in [-0.15, -0.1) is 0 Å². The summed E-state index contributed by atoms with van der Waals surface area (Å²) in [5.74, 6) is 0.687. The Morgan fingerprint density at radius 2 is 1.84 bits per heavy atom. The van der Waals surface area contributed by atoms with Crippen molar-refractivity contribution in [3.05, 3.63) is 41.6 Å². The number of piperidine rings is 1. The Kier molecular flexibility index (Phi) is 6.87. The molecule has 0 aliphatic carbocycles. The SMILES string of the molecule is CC(C)c1cc(C(=O)N2CCC(CN(C)C(=O)OC(C)(C)C)CC2)c2ccccc2n1. The Morgan fingerprint density at radius 3 is 2.45 bits per heavy atom. The monoisotopic (exact) mass is 425 g/mol. The highest BCUT2D eigenvalue weighted by molar-refractivity contribution is 6.06. The maximum Gasteiger partial charge on any atom is 0.410 e. The standard InChI is InChI=1S/C25H35N3O3/c1-17(2)22-15-20(19-9-7-8-10-21(19)26-22)23(29)28-13-11-18(12-14-28)16-27(6)24(30)31-25(3,4)5/h7-10,15,17-18H,11-14,16H2,1-6H3. The molecule has 168 valence electrons. The van der Waals surface area contributed by atoms with Gasteiger partial charge in [0, 0.05) is 37.8 Å². The van der Waals surface area contributed by atoms with E-state index in [2.05, 4.69) is 13.8 Å². The van der Waals surface area contributed by atoms with Crippen molar-refractivity contribution < 1.29 is 14.3 Å². The maximum absolute atomic E-state index is 13.4. The molecule has 3 rings (SSSR count). The number of benzene rings is 1. The minimum Gasteiger partial charge on any atom is -0.444 e. The van der Waals surface area contributed by atoms with Gasteiger partial charge in [-0.05, 0) is 57.6 Å². The molecule has 1 aromatic carbocycles. The molecule has 0 N–H and O–H groups in total. The van der Waals surface area contributed by atoms with E-state index in [1.165, 1.54) is 0 Å². The third-order valence-electron chi connectivity index (χ3n) is 5.70. The van der Waals surface area contributed by atoms with Crippen LogP contribution in [0.4, 0.5) is 4.79 Å². The van der Waals surface area contributed by atoms with Gasteiger partial charge >= 0.3 is 6.09 Å². The minimum absolute atomic E-state index is 0.0689. The highest BCUT2D eigenvalue weighted by Crippen LogP contribution is 2.26. The first kappa shape index (κ1) is 23.0. The molecule has 1 aromatic heterocycles. The molecule has 1 fully saturated rings. The first-order chi connectivity index (χ1) is 14.5. The second-order valence-corrected chi connectivity index (χ2v) is 9.86. The number of amides is 2. The highest BCUT2D eigenvalue weighted by Gasteiger charge is 2.28. The van der Waals surface area contributed by atoms with Crippen LogP contribution in [0.3, 0.4) is 0 Å². The van der Waals surface area contributed by atoms with E-state index in [-0.39, 0.29) is 17.9 Å². The molecule has 6 heteroatoms. The first-order valence-electron chi connectivity index (χ1n) is 11.2. The van der Waals surface area contributed by atoms with Gasteiger partial charge in [-0.25, -0.2) is 4.79 Å². The van der Waals surface area contributed by atoms with Crippen LogP contribution in [-0.2, 0) is 4.74 Å². The predicted molar refractivity (Wildman–Crippen MR) is 123 cm³/mol. The van der Waals surface area contributed by atoms with Gasteiger partial charge in [0.25, 0.3) is 5.91 Å². The van der Waals surface area contributed by atoms with Crippen molar-refractivity contribution in [3.63, 3.8) is 0 Å². The molecule has 2 heterocycles. The van der Waals surface area contributed by atoms with Crippen LogP contribution < -0.4 is 0 Å². The zero-order valence-corrected chi connectivity index (χ0v) is 19.6. The van der Waals surface area contributed by atoms with Gasteiger partial charge < -0.3 is 14.5 Å². The van der Waals surface area contributed by atoms with Crippen molar-refractivity contribution in [2.75, 3.05) is 26.7 Å². The van der Waals surface area contributed by atoms with Crippen LogP contribution in [0.1, 0.15) is 69.4 Å². The molecule has 1 saturated heterocycles. The van der Waals surface area contributed by atoms with E-state index in [0.29, 0.717) is 25.6 Å². The number of rotatable bonds is 4. The number of pyridine rings is 1. The molecule has 0 bridgehead atoms. The summed E-state index contributed by atoms with van der Waals surface area (Å²) in [6.45, 7) is 11.8. The van der Waals surface area contributed by atoms with Gasteiger partial charge in [0.2, 0.25) is 0 Å². The quantitative estimate of drug-likeness (QED) is 0.685. The average Bonchev–Trinajstić information content (AvgIpc) is 2.71. The molecule has 0 unspecified atom stereocenters. The van der Waals surface area contributed by atoms with E-state index in [1.54, 1.807) is 11.9 Å². The van der Waals surface area contributed by atoms with Gasteiger partial charge in [0.15, 0.2) is 0 Å². The summed E-state index contributed by atoms with van der Waals surface area (Å²) < 4.78 is 5.45. The Labute approximate surface area is 185 Å². The lowest BCUT2D eigenvalue weighted by Gasteiger charge is -2.34. The molecule has 2 amide bonds. The number of aromatic nitrogens is 1. The summed E-state index contributed by atoms with van der Waals surface area (Å²) in [7, 11) is 1.78. The fraction of sp³-hybridized carbons (Fsp3) is 0.560. The van der Waals surface area contributed by atoms with Gasteiger partial charge in [-0.1, -0.05) is 32.0 Å². The molecule has 1 aliphatic heterocycles. The minimum atomic E-state index is -0.497. The molecule has 6 nitrogen and oxygen atoms in total. The fourth-order valence-electron chi connectivity index (χ4n) is 3.96. The number of fused-ring (bicyclic) bond motifs is 1. The van der Waals surface area contributed by atoms with Crippen LogP contribution >= 0.6 is 0 Å². The number of hydrogen-bond acceptors (Lipinski definition) is 4. The van der Waals surface area contributed by atoms with E-state index < -0.39 is 5.60 Å². The van der Waals surface area contributed by atoms with Gasteiger partial charge in [-0.3, -0.25) is 9.78 Å². The van der Waals surface area contributed by atoms with Crippen molar-refractivity contribution in [2.24, 2.45) is 5.92 Å². The van der Waals surface area contributed by atoms with Crippen molar-refractivity contribution in [1.82, 2.24) is 14.8 Å². The maximum atomic E-state index is 13.4. The molecule has 0 saturated carbocycles. The Morgan fingerprint density at radius 1 is 1.19 bits per heavy atom. The Hall–Kier alpha value is -2.63. The van der Waals surface area contributed by atoms with Crippen LogP contribution in [0.15, 0.2) is 30.3 Å². The molecule has 0 atom stereocenters. The number of hydrogen-bond donors (Lipinski definition) is 0. The normalized spacial score (nSPS) is 15.4. The number of carbonyl (C=O) groups is 2. The summed E-state index contributed by atoms with van der Waals surface area (Å²) in [6, 6.07) is 9.81. The van der Waals surface area contributed by atoms with Gasteiger partial charge in [-0.2, -0.15) is 0 Å². The number of ether oxygens (including phenoxy) is 1. The number of carbonyl (C=O) groups excluding carboxylic acids is 2. The molecule has 0 spiro atoms. The van der Waals surface area contributed by atoms with Crippen LogP contribution in [0.2, 0.25) is 0 Å². The summed E-state index contributed by atoms with van der Waals surface area (Å²) in [5.41, 5.74) is 2.05. The van der Waals surface area contributed by atoms with Crippen LogP contribution in [0.5, 0.6) is 0 Å². The lowest BCUT2D eigenvalue weighted by molar-refractivity contribution is 0.0246. The summed E-state index contributed by atoms with van der Waals surface area (Å²) in [4.78, 5) is 34.0. The van der Waals surface area contributed by atoms with E-state index >= 15 is 0 Å². The number of likely N-dealkylation sites (tertiary alicyclic amines) is 1. The molecule has 2 aromatic rings. The first-order valence-corrected chi connectivity index (χ1v) is 11.2. The third-order valence-corrected chi connectivity index (χ3v) is 5.70. The smallest absolute Gasteiger partial charge is 0.410 e. The van der Waals surface area contributed by atoms with Crippen LogP contribution in [0.25, 0.3) is 10.9 Å².